The summed E-state index contributed by atoms with van der Waals surface area (Å²) in [7, 11) is 0. The number of anilines is 1. The van der Waals surface area contributed by atoms with E-state index in [9.17, 15) is 27.9 Å². The van der Waals surface area contributed by atoms with Gasteiger partial charge in [0.15, 0.2) is 0 Å². The maximum Gasteiger partial charge on any atom is 0.417 e. The topological polar surface area (TPSA) is 124 Å². The number of amides is 2. The number of nitrogens with two attached hydrogens (primary N) is 1. The number of aliphatic hydroxyl groups is 1. The predicted molar refractivity (Wildman–Crippen MR) is 119 cm³/mol. The average molecular weight is 475 g/mol. The number of hydrazine groups is 1. The van der Waals surface area contributed by atoms with Crippen molar-refractivity contribution in [3.05, 3.63) is 59.4 Å². The summed E-state index contributed by atoms with van der Waals surface area (Å²) < 4.78 is 40.1. The van der Waals surface area contributed by atoms with Gasteiger partial charge in [-0.15, -0.1) is 0 Å². The molecule has 0 unspecified atom stereocenters. The van der Waals surface area contributed by atoms with E-state index in [1.807, 2.05) is 0 Å². The zero-order valence-corrected chi connectivity index (χ0v) is 18.2. The molecule has 11 heteroatoms. The number of imidazole rings is 1. The molecule has 1 heterocycles. The molecule has 1 aromatic heterocycles. The third kappa shape index (κ3) is 4.75. The van der Waals surface area contributed by atoms with Crippen molar-refractivity contribution >= 4 is 28.5 Å². The van der Waals surface area contributed by atoms with Crippen LogP contribution in [0.2, 0.25) is 0 Å². The summed E-state index contributed by atoms with van der Waals surface area (Å²) in [6, 6.07) is 7.04. The highest BCUT2D eigenvalue weighted by molar-refractivity contribution is 6.10. The van der Waals surface area contributed by atoms with Gasteiger partial charge in [-0.05, 0) is 37.1 Å². The molecule has 5 N–H and O–H groups in total. The highest BCUT2D eigenvalue weighted by Gasteiger charge is 2.36. The highest BCUT2D eigenvalue weighted by atomic mass is 19.4. The van der Waals surface area contributed by atoms with Crippen molar-refractivity contribution < 1.29 is 27.9 Å². The Hall–Kier alpha value is -3.44. The fraction of sp³-hybridized carbons (Fsp3) is 0.348. The van der Waals surface area contributed by atoms with Crippen LogP contribution >= 0.6 is 0 Å². The van der Waals surface area contributed by atoms with Gasteiger partial charge in [0.05, 0.1) is 39.8 Å². The Morgan fingerprint density at radius 3 is 2.56 bits per heavy atom. The number of halogens is 3. The summed E-state index contributed by atoms with van der Waals surface area (Å²) in [5, 5.41) is 13.9. The number of aromatic nitrogens is 2. The molecule has 1 saturated carbocycles. The lowest BCUT2D eigenvalue weighted by molar-refractivity contribution is -0.137. The van der Waals surface area contributed by atoms with Crippen LogP contribution in [0.3, 0.4) is 0 Å². The number of rotatable bonds is 5. The number of carbonyl (C=O) groups is 2. The van der Waals surface area contributed by atoms with Crippen LogP contribution in [0.5, 0.6) is 0 Å². The lowest BCUT2D eigenvalue weighted by Gasteiger charge is -2.32. The summed E-state index contributed by atoms with van der Waals surface area (Å²) in [5.74, 6) is 4.30. The van der Waals surface area contributed by atoms with Crippen LogP contribution in [-0.2, 0) is 6.18 Å². The third-order valence-electron chi connectivity index (χ3n) is 6.08. The van der Waals surface area contributed by atoms with E-state index >= 15 is 0 Å². The van der Waals surface area contributed by atoms with Crippen LogP contribution < -0.4 is 16.2 Å². The van der Waals surface area contributed by atoms with E-state index in [0.717, 1.165) is 31.4 Å². The van der Waals surface area contributed by atoms with Gasteiger partial charge in [-0.25, -0.2) is 15.8 Å². The van der Waals surface area contributed by atoms with Crippen LogP contribution in [0.4, 0.5) is 18.9 Å². The van der Waals surface area contributed by atoms with Crippen molar-refractivity contribution in [2.24, 2.45) is 5.84 Å². The van der Waals surface area contributed by atoms with Gasteiger partial charge in [-0.2, -0.15) is 13.2 Å². The molecule has 0 aliphatic heterocycles. The minimum atomic E-state index is -4.75. The molecular weight excluding hydrogens is 451 g/mol. The Balaban J connectivity index is 1.63. The standard InChI is InChI=1S/C23H24F3N5O3/c24-23(25,26)17-7-3-2-6-15(17)21(33)31(27)14-10-16(19-18(11-14)29-13-30-19)20(32)28-12-22(34)8-4-1-5-9-22/h2-3,6-7,10-11,13,34H,1,4-5,8-9,12,27H2,(H,28,32)(H,29,30). The summed E-state index contributed by atoms with van der Waals surface area (Å²) in [6.07, 6.45) is 0.532. The van der Waals surface area contributed by atoms with E-state index in [2.05, 4.69) is 15.3 Å². The number of hydrogen-bond donors (Lipinski definition) is 4. The van der Waals surface area contributed by atoms with E-state index in [4.69, 9.17) is 5.84 Å². The van der Waals surface area contributed by atoms with Crippen LogP contribution in [0.25, 0.3) is 11.0 Å². The van der Waals surface area contributed by atoms with Gasteiger partial charge in [0, 0.05) is 6.54 Å². The molecule has 180 valence electrons. The number of nitrogens with zero attached hydrogens (tertiary/aromatic N) is 2. The molecule has 0 radical (unpaired) electrons. The normalized spacial score (nSPS) is 15.8. The van der Waals surface area contributed by atoms with Gasteiger partial charge < -0.3 is 15.4 Å². The van der Waals surface area contributed by atoms with Crippen LogP contribution in [-0.4, -0.2) is 39.0 Å². The fourth-order valence-electron chi connectivity index (χ4n) is 4.24. The van der Waals surface area contributed by atoms with Gasteiger partial charge in [-0.1, -0.05) is 31.4 Å². The second-order valence-electron chi connectivity index (χ2n) is 8.48. The van der Waals surface area contributed by atoms with Crippen molar-refractivity contribution in [2.45, 2.75) is 43.9 Å². The lowest BCUT2D eigenvalue weighted by Crippen LogP contribution is -2.44. The van der Waals surface area contributed by atoms with Crippen LogP contribution in [0, 0.1) is 0 Å². The average Bonchev–Trinajstić information content (AvgIpc) is 3.30. The zero-order valence-electron chi connectivity index (χ0n) is 18.2. The van der Waals surface area contributed by atoms with Crippen molar-refractivity contribution in [3.63, 3.8) is 0 Å². The first-order valence-corrected chi connectivity index (χ1v) is 10.8. The fourth-order valence-corrected chi connectivity index (χ4v) is 4.24. The third-order valence-corrected chi connectivity index (χ3v) is 6.08. The molecule has 8 nitrogen and oxygen atoms in total. The van der Waals surface area contributed by atoms with Gasteiger partial charge in [0.25, 0.3) is 11.8 Å². The second kappa shape index (κ2) is 9.07. The Kier molecular flexibility index (Phi) is 6.32. The summed E-state index contributed by atoms with van der Waals surface area (Å²) in [4.78, 5) is 32.8. The van der Waals surface area contributed by atoms with E-state index < -0.39 is 34.7 Å². The van der Waals surface area contributed by atoms with Gasteiger partial charge in [-0.3, -0.25) is 9.59 Å². The first kappa shape index (κ1) is 23.7. The second-order valence-corrected chi connectivity index (χ2v) is 8.48. The molecule has 1 fully saturated rings. The van der Waals surface area contributed by atoms with Crippen molar-refractivity contribution in [2.75, 3.05) is 11.6 Å². The van der Waals surface area contributed by atoms with Gasteiger partial charge in [0.1, 0.15) is 5.52 Å². The molecule has 1 aliphatic rings. The van der Waals surface area contributed by atoms with Gasteiger partial charge >= 0.3 is 6.18 Å². The number of fused-ring (bicyclic) bond motifs is 1. The minimum Gasteiger partial charge on any atom is -0.388 e. The molecule has 2 aromatic carbocycles. The maximum absolute atomic E-state index is 13.4. The van der Waals surface area contributed by atoms with Gasteiger partial charge in [0.2, 0.25) is 0 Å². The SMILES string of the molecule is NN(C(=O)c1ccccc1C(F)(F)F)c1cc(C(=O)NCC2(O)CCCCC2)c2nc[nH]c2c1. The zero-order chi connectivity index (χ0) is 24.5. The van der Waals surface area contributed by atoms with Crippen molar-refractivity contribution in [1.82, 2.24) is 15.3 Å². The molecular formula is C23H24F3N5O3. The monoisotopic (exact) mass is 475 g/mol. The quantitative estimate of drug-likeness (QED) is 0.255. The Morgan fingerprint density at radius 2 is 1.85 bits per heavy atom. The maximum atomic E-state index is 13.4. The number of alkyl halides is 3. The Labute approximate surface area is 192 Å². The number of H-pyrrole nitrogens is 1. The smallest absolute Gasteiger partial charge is 0.388 e. The number of aromatic amines is 1. The number of benzene rings is 2. The molecule has 0 bridgehead atoms. The molecule has 3 aromatic rings. The van der Waals surface area contributed by atoms with Crippen LogP contribution in [0.1, 0.15) is 58.4 Å². The first-order chi connectivity index (χ1) is 16.1. The van der Waals surface area contributed by atoms with Crippen LogP contribution in [0.15, 0.2) is 42.7 Å². The first-order valence-electron chi connectivity index (χ1n) is 10.8. The Morgan fingerprint density at radius 1 is 1.15 bits per heavy atom. The largest absolute Gasteiger partial charge is 0.417 e. The van der Waals surface area contributed by atoms with E-state index in [-0.39, 0.29) is 17.8 Å². The number of hydrogen-bond acceptors (Lipinski definition) is 5. The van der Waals surface area contributed by atoms with Crippen molar-refractivity contribution in [3.8, 4) is 0 Å². The number of nitrogens with one attached hydrogen (secondary N) is 2. The molecule has 4 rings (SSSR count). The summed E-state index contributed by atoms with van der Waals surface area (Å²) >= 11 is 0. The molecule has 1 aliphatic carbocycles. The minimum absolute atomic E-state index is 0.000237. The molecule has 2 amide bonds. The van der Waals surface area contributed by atoms with E-state index in [1.54, 1.807) is 0 Å². The highest BCUT2D eigenvalue weighted by Crippen LogP contribution is 2.33. The summed E-state index contributed by atoms with van der Waals surface area (Å²) in [5.41, 5.74) is -1.99. The number of carbonyl (C=O) groups excluding carboxylic acids is 2. The van der Waals surface area contributed by atoms with E-state index in [1.165, 1.54) is 30.6 Å². The Bertz CT molecular complexity index is 1220. The van der Waals surface area contributed by atoms with E-state index in [0.29, 0.717) is 28.9 Å². The molecule has 0 spiro atoms. The lowest BCUT2D eigenvalue weighted by atomic mass is 9.85. The molecule has 0 atom stereocenters. The molecule has 0 saturated heterocycles. The molecule has 34 heavy (non-hydrogen) atoms. The predicted octanol–water partition coefficient (Wildman–Crippen LogP) is 3.53. The summed E-state index contributed by atoms with van der Waals surface area (Å²) in [6.45, 7) is 0.0478. The van der Waals surface area contributed by atoms with Crippen molar-refractivity contribution in [1.29, 1.82) is 0 Å².